The summed E-state index contributed by atoms with van der Waals surface area (Å²) in [5.41, 5.74) is 0.590. The molecule has 96 valence electrons. The van der Waals surface area contributed by atoms with Gasteiger partial charge in [0.25, 0.3) is 0 Å². The zero-order valence-electron chi connectivity index (χ0n) is 9.91. The molecule has 1 aromatic heterocycles. The monoisotopic (exact) mass is 261 g/mol. The van der Waals surface area contributed by atoms with Crippen LogP contribution in [-0.4, -0.2) is 4.57 Å². The first-order valence-corrected chi connectivity index (χ1v) is 5.83. The fraction of sp³-hybridized carbons (Fsp3) is 0.0667. The number of halogens is 3. The summed E-state index contributed by atoms with van der Waals surface area (Å²) in [7, 11) is 0. The topological polar surface area (TPSA) is 4.93 Å². The number of rotatable bonds is 2. The number of hydrogen-bond donors (Lipinski definition) is 0. The SMILES string of the molecule is Fc1ccc(F)c(Cn2ccc3ccccc32)c1F. The van der Waals surface area contributed by atoms with Gasteiger partial charge in [0.15, 0.2) is 11.6 Å². The largest absolute Gasteiger partial charge is 0.343 e. The number of nitrogens with zero attached hydrogens (tertiary/aromatic N) is 1. The van der Waals surface area contributed by atoms with Crippen molar-refractivity contribution in [3.8, 4) is 0 Å². The van der Waals surface area contributed by atoms with Crippen molar-refractivity contribution in [2.45, 2.75) is 6.54 Å². The molecule has 1 heterocycles. The van der Waals surface area contributed by atoms with E-state index in [9.17, 15) is 13.2 Å². The van der Waals surface area contributed by atoms with Crippen molar-refractivity contribution in [3.63, 3.8) is 0 Å². The molecule has 0 aliphatic rings. The minimum Gasteiger partial charge on any atom is -0.343 e. The summed E-state index contributed by atoms with van der Waals surface area (Å²) in [6, 6.07) is 11.1. The predicted molar refractivity (Wildman–Crippen MR) is 67.4 cm³/mol. The van der Waals surface area contributed by atoms with Crippen molar-refractivity contribution in [2.75, 3.05) is 0 Å². The highest BCUT2D eigenvalue weighted by atomic mass is 19.2. The van der Waals surface area contributed by atoms with Crippen molar-refractivity contribution < 1.29 is 13.2 Å². The van der Waals surface area contributed by atoms with E-state index in [0.717, 1.165) is 23.0 Å². The van der Waals surface area contributed by atoms with Gasteiger partial charge in [-0.05, 0) is 29.7 Å². The van der Waals surface area contributed by atoms with Crippen LogP contribution >= 0.6 is 0 Å². The molecule has 19 heavy (non-hydrogen) atoms. The number of fused-ring (bicyclic) bond motifs is 1. The Morgan fingerprint density at radius 3 is 2.42 bits per heavy atom. The van der Waals surface area contributed by atoms with E-state index >= 15 is 0 Å². The lowest BCUT2D eigenvalue weighted by molar-refractivity contribution is 0.475. The fourth-order valence-electron chi connectivity index (χ4n) is 2.16. The molecule has 0 bridgehead atoms. The molecule has 0 radical (unpaired) electrons. The first-order chi connectivity index (χ1) is 9.16. The number of para-hydroxylation sites is 1. The molecule has 4 heteroatoms. The van der Waals surface area contributed by atoms with E-state index in [-0.39, 0.29) is 12.1 Å². The molecule has 0 spiro atoms. The first-order valence-electron chi connectivity index (χ1n) is 5.83. The first kappa shape index (κ1) is 11.8. The summed E-state index contributed by atoms with van der Waals surface area (Å²) in [4.78, 5) is 0. The number of aromatic nitrogens is 1. The highest BCUT2D eigenvalue weighted by Crippen LogP contribution is 2.21. The molecule has 0 atom stereocenters. The predicted octanol–water partition coefficient (Wildman–Crippen LogP) is 4.11. The minimum atomic E-state index is -1.13. The number of benzene rings is 2. The molecular weight excluding hydrogens is 251 g/mol. The molecule has 0 aliphatic carbocycles. The fourth-order valence-corrected chi connectivity index (χ4v) is 2.16. The molecule has 0 unspecified atom stereocenters. The molecule has 0 N–H and O–H groups in total. The van der Waals surface area contributed by atoms with Crippen molar-refractivity contribution in [3.05, 3.63) is 71.7 Å². The highest BCUT2D eigenvalue weighted by Gasteiger charge is 2.14. The lowest BCUT2D eigenvalue weighted by Crippen LogP contribution is -2.05. The third-order valence-corrected chi connectivity index (χ3v) is 3.15. The second-order valence-corrected chi connectivity index (χ2v) is 4.32. The molecule has 1 nitrogen and oxygen atoms in total. The van der Waals surface area contributed by atoms with E-state index in [0.29, 0.717) is 0 Å². The van der Waals surface area contributed by atoms with Crippen LogP contribution in [0.25, 0.3) is 10.9 Å². The molecule has 0 amide bonds. The van der Waals surface area contributed by atoms with Crippen molar-refractivity contribution in [2.24, 2.45) is 0 Å². The van der Waals surface area contributed by atoms with Crippen LogP contribution in [0.4, 0.5) is 13.2 Å². The van der Waals surface area contributed by atoms with Gasteiger partial charge in [0, 0.05) is 17.3 Å². The van der Waals surface area contributed by atoms with Gasteiger partial charge in [0.2, 0.25) is 0 Å². The molecule has 2 aromatic carbocycles. The van der Waals surface area contributed by atoms with E-state index in [2.05, 4.69) is 0 Å². The van der Waals surface area contributed by atoms with Crippen LogP contribution in [0, 0.1) is 17.5 Å². The normalized spacial score (nSPS) is 11.1. The Balaban J connectivity index is 2.09. The standard InChI is InChI=1S/C15H10F3N/c16-12-5-6-13(17)15(18)11(12)9-19-8-7-10-3-1-2-4-14(10)19/h1-8H,9H2. The van der Waals surface area contributed by atoms with E-state index < -0.39 is 17.5 Å². The maximum atomic E-state index is 13.6. The zero-order chi connectivity index (χ0) is 13.4. The average molecular weight is 261 g/mol. The minimum absolute atomic E-state index is 0.0388. The summed E-state index contributed by atoms with van der Waals surface area (Å²) < 4.78 is 42.1. The van der Waals surface area contributed by atoms with Crippen molar-refractivity contribution >= 4 is 10.9 Å². The van der Waals surface area contributed by atoms with Gasteiger partial charge in [-0.3, -0.25) is 0 Å². The molecule has 3 aromatic rings. The Labute approximate surface area is 107 Å². The van der Waals surface area contributed by atoms with Crippen LogP contribution in [0.1, 0.15) is 5.56 Å². The van der Waals surface area contributed by atoms with Gasteiger partial charge in [-0.25, -0.2) is 13.2 Å². The Morgan fingerprint density at radius 1 is 0.842 bits per heavy atom. The van der Waals surface area contributed by atoms with Crippen molar-refractivity contribution in [1.29, 1.82) is 0 Å². The molecule has 0 aliphatic heterocycles. The summed E-state index contributed by atoms with van der Waals surface area (Å²) >= 11 is 0. The average Bonchev–Trinajstić information content (AvgIpc) is 2.83. The Kier molecular flexibility index (Phi) is 2.78. The molecule has 0 saturated heterocycles. The quantitative estimate of drug-likeness (QED) is 0.612. The van der Waals surface area contributed by atoms with Crippen LogP contribution < -0.4 is 0 Å². The maximum Gasteiger partial charge on any atom is 0.166 e. The Bertz CT molecular complexity index is 746. The molecule has 3 rings (SSSR count). The van der Waals surface area contributed by atoms with E-state index in [1.165, 1.54) is 0 Å². The van der Waals surface area contributed by atoms with Crippen LogP contribution in [0.2, 0.25) is 0 Å². The lowest BCUT2D eigenvalue weighted by atomic mass is 10.2. The smallest absolute Gasteiger partial charge is 0.166 e. The van der Waals surface area contributed by atoms with Gasteiger partial charge < -0.3 is 4.57 Å². The van der Waals surface area contributed by atoms with Gasteiger partial charge in [-0.2, -0.15) is 0 Å². The Hall–Kier alpha value is -2.23. The van der Waals surface area contributed by atoms with E-state index in [1.807, 2.05) is 30.3 Å². The molecule has 0 saturated carbocycles. The second kappa shape index (κ2) is 4.46. The summed E-state index contributed by atoms with van der Waals surface area (Å²) in [5, 5.41) is 0.972. The van der Waals surface area contributed by atoms with E-state index in [1.54, 1.807) is 10.8 Å². The third kappa shape index (κ3) is 1.99. The highest BCUT2D eigenvalue weighted by molar-refractivity contribution is 5.80. The van der Waals surface area contributed by atoms with E-state index in [4.69, 9.17) is 0 Å². The third-order valence-electron chi connectivity index (χ3n) is 3.15. The molecule has 0 fully saturated rings. The van der Waals surface area contributed by atoms with Gasteiger partial charge in [-0.1, -0.05) is 18.2 Å². The van der Waals surface area contributed by atoms with Gasteiger partial charge in [-0.15, -0.1) is 0 Å². The maximum absolute atomic E-state index is 13.6. The lowest BCUT2D eigenvalue weighted by Gasteiger charge is -2.08. The summed E-state index contributed by atoms with van der Waals surface area (Å²) in [6.45, 7) is -0.0388. The summed E-state index contributed by atoms with van der Waals surface area (Å²) in [6.07, 6.45) is 1.73. The second-order valence-electron chi connectivity index (χ2n) is 4.32. The molecular formula is C15H10F3N. The number of hydrogen-bond acceptors (Lipinski definition) is 0. The Morgan fingerprint density at radius 2 is 1.58 bits per heavy atom. The van der Waals surface area contributed by atoms with Crippen LogP contribution in [0.15, 0.2) is 48.7 Å². The van der Waals surface area contributed by atoms with Gasteiger partial charge in [0.1, 0.15) is 5.82 Å². The zero-order valence-corrected chi connectivity index (χ0v) is 9.91. The van der Waals surface area contributed by atoms with Crippen LogP contribution in [0.5, 0.6) is 0 Å². The van der Waals surface area contributed by atoms with Crippen LogP contribution in [-0.2, 0) is 6.54 Å². The van der Waals surface area contributed by atoms with Crippen LogP contribution in [0.3, 0.4) is 0 Å². The van der Waals surface area contributed by atoms with Crippen molar-refractivity contribution in [1.82, 2.24) is 4.57 Å². The summed E-state index contributed by atoms with van der Waals surface area (Å²) in [5.74, 6) is -2.90. The van der Waals surface area contributed by atoms with Gasteiger partial charge in [0.05, 0.1) is 6.54 Å². The van der Waals surface area contributed by atoms with Gasteiger partial charge >= 0.3 is 0 Å².